The van der Waals surface area contributed by atoms with E-state index in [2.05, 4.69) is 5.32 Å². The average molecular weight is 393 g/mol. The second kappa shape index (κ2) is 10.3. The van der Waals surface area contributed by atoms with Gasteiger partial charge in [0, 0.05) is 36.2 Å². The van der Waals surface area contributed by atoms with Gasteiger partial charge in [-0.25, -0.2) is 0 Å². The van der Waals surface area contributed by atoms with Gasteiger partial charge < -0.3 is 10.2 Å². The van der Waals surface area contributed by atoms with E-state index in [0.29, 0.717) is 13.0 Å². The van der Waals surface area contributed by atoms with Crippen LogP contribution in [0.25, 0.3) is 0 Å². The molecule has 3 rings (SSSR count). The molecule has 1 N–H and O–H groups in total. The van der Waals surface area contributed by atoms with E-state index in [1.54, 1.807) is 0 Å². The Hall–Kier alpha value is -1.14. The van der Waals surface area contributed by atoms with Crippen LogP contribution in [-0.4, -0.2) is 40.8 Å². The number of unbranched alkanes of at least 4 members (excludes halogenated alkanes) is 1. The number of likely N-dealkylation sites (tertiary alicyclic amines) is 1. The Morgan fingerprint density at radius 3 is 2.77 bits per heavy atom. The summed E-state index contributed by atoms with van der Waals surface area (Å²) in [6, 6.07) is 9.54. The maximum absolute atomic E-state index is 12.5. The molecule has 1 aromatic rings. The highest BCUT2D eigenvalue weighted by Gasteiger charge is 2.28. The first-order valence-electron chi connectivity index (χ1n) is 9.64. The van der Waals surface area contributed by atoms with Crippen LogP contribution in [0.3, 0.4) is 0 Å². The number of hydrogen-bond donors (Lipinski definition) is 1. The summed E-state index contributed by atoms with van der Waals surface area (Å²) in [7, 11) is 3.99. The van der Waals surface area contributed by atoms with E-state index < -0.39 is 0 Å². The minimum atomic E-state index is -0.0974. The Kier molecular flexibility index (Phi) is 7.74. The molecule has 0 aliphatic carbocycles. The second-order valence-corrected chi connectivity index (χ2v) is 9.90. The quantitative estimate of drug-likeness (QED) is 0.545. The first-order chi connectivity index (χ1) is 12.7. The lowest BCUT2D eigenvalue weighted by molar-refractivity contribution is -0.134. The molecule has 0 saturated carbocycles. The molecule has 2 amide bonds. The maximum Gasteiger partial charge on any atom is 0.229 e. The van der Waals surface area contributed by atoms with Gasteiger partial charge in [0.1, 0.15) is 0 Å². The van der Waals surface area contributed by atoms with Crippen LogP contribution in [0.1, 0.15) is 44.9 Å². The van der Waals surface area contributed by atoms with Crippen molar-refractivity contribution in [1.29, 1.82) is 0 Å². The van der Waals surface area contributed by atoms with Gasteiger partial charge in [0.25, 0.3) is 0 Å². The molecule has 6 heteroatoms. The van der Waals surface area contributed by atoms with E-state index >= 15 is 0 Å². The van der Waals surface area contributed by atoms with Gasteiger partial charge in [-0.3, -0.25) is 9.59 Å². The first-order valence-corrected chi connectivity index (χ1v) is 12.0. The van der Waals surface area contributed by atoms with Gasteiger partial charge >= 0.3 is 0 Å². The van der Waals surface area contributed by atoms with E-state index in [0.717, 1.165) is 43.2 Å². The lowest BCUT2D eigenvalue weighted by atomic mass is 9.96. The highest BCUT2D eigenvalue weighted by atomic mass is 33.1. The number of carbonyl (C=O) groups excluding carboxylic acids is 2. The van der Waals surface area contributed by atoms with Crippen LogP contribution in [0.5, 0.6) is 0 Å². The third-order valence-electron chi connectivity index (χ3n) is 5.08. The van der Waals surface area contributed by atoms with Crippen molar-refractivity contribution >= 4 is 39.1 Å². The number of anilines is 1. The number of rotatable bonds is 7. The van der Waals surface area contributed by atoms with Gasteiger partial charge in [-0.1, -0.05) is 46.2 Å². The summed E-state index contributed by atoms with van der Waals surface area (Å²) < 4.78 is 0. The molecule has 2 heterocycles. The molecule has 0 spiro atoms. The minimum Gasteiger partial charge on any atom is -0.342 e. The van der Waals surface area contributed by atoms with Gasteiger partial charge in [0.15, 0.2) is 0 Å². The van der Waals surface area contributed by atoms with Crippen LogP contribution in [0.2, 0.25) is 0 Å². The normalized spacial score (nSPS) is 23.0. The second-order valence-electron chi connectivity index (χ2n) is 7.11. The van der Waals surface area contributed by atoms with Gasteiger partial charge in [-0.2, -0.15) is 0 Å². The molecular formula is C20H28N2O2S2. The Morgan fingerprint density at radius 1 is 1.15 bits per heavy atom. The molecule has 2 fully saturated rings. The molecule has 2 aliphatic heterocycles. The van der Waals surface area contributed by atoms with Crippen LogP contribution in [0.15, 0.2) is 30.3 Å². The Bertz CT molecular complexity index is 591. The van der Waals surface area contributed by atoms with Crippen molar-refractivity contribution in [2.75, 3.05) is 24.2 Å². The van der Waals surface area contributed by atoms with Crippen molar-refractivity contribution < 1.29 is 9.59 Å². The van der Waals surface area contributed by atoms with E-state index in [4.69, 9.17) is 0 Å². The number of carbonyl (C=O) groups is 2. The summed E-state index contributed by atoms with van der Waals surface area (Å²) in [5.74, 6) is 1.43. The van der Waals surface area contributed by atoms with E-state index in [1.807, 2.05) is 56.8 Å². The fraction of sp³-hybridized carbons (Fsp3) is 0.600. The standard InChI is InChI=1S/C20H28N2O2S2/c23-19(11-5-4-10-18-12-14-25-26-18)22-13-6-7-16(15-22)20(24)21-17-8-2-1-3-9-17/h1-3,8-9,16,18H,4-7,10-15H2,(H,21,24)/t16-,18+/m1/s1. The van der Waals surface area contributed by atoms with E-state index in [9.17, 15) is 9.59 Å². The third kappa shape index (κ3) is 5.95. The molecule has 2 atom stereocenters. The number of benzene rings is 1. The van der Waals surface area contributed by atoms with Crippen molar-refractivity contribution in [3.8, 4) is 0 Å². The predicted octanol–water partition coefficient (Wildman–Crippen LogP) is 4.58. The van der Waals surface area contributed by atoms with Gasteiger partial charge in [0.05, 0.1) is 5.92 Å². The zero-order chi connectivity index (χ0) is 18.2. The molecule has 4 nitrogen and oxygen atoms in total. The number of hydrogen-bond acceptors (Lipinski definition) is 4. The fourth-order valence-corrected chi connectivity index (χ4v) is 6.58. The molecule has 2 saturated heterocycles. The van der Waals surface area contributed by atoms with Gasteiger partial charge in [-0.15, -0.1) is 0 Å². The number of piperidine rings is 1. The fourth-order valence-electron chi connectivity index (χ4n) is 3.55. The molecule has 0 bridgehead atoms. The summed E-state index contributed by atoms with van der Waals surface area (Å²) in [6.45, 7) is 1.36. The molecule has 142 valence electrons. The number of nitrogens with one attached hydrogen (secondary N) is 1. The summed E-state index contributed by atoms with van der Waals surface area (Å²) in [5.41, 5.74) is 0.823. The summed E-state index contributed by atoms with van der Waals surface area (Å²) in [5, 5.41) is 3.76. The van der Waals surface area contributed by atoms with Crippen molar-refractivity contribution in [2.24, 2.45) is 5.92 Å². The Morgan fingerprint density at radius 2 is 2.00 bits per heavy atom. The molecule has 1 aromatic carbocycles. The van der Waals surface area contributed by atoms with E-state index in [1.165, 1.54) is 18.6 Å². The van der Waals surface area contributed by atoms with Gasteiger partial charge in [0.2, 0.25) is 11.8 Å². The predicted molar refractivity (Wildman–Crippen MR) is 111 cm³/mol. The molecule has 0 radical (unpaired) electrons. The Balaban J connectivity index is 1.39. The SMILES string of the molecule is O=C(Nc1ccccc1)[C@@H]1CCCN(C(=O)CCCC[C@H]2CCSS2)C1. The lowest BCUT2D eigenvalue weighted by Crippen LogP contribution is -2.43. The van der Waals surface area contributed by atoms with Crippen LogP contribution in [0, 0.1) is 5.92 Å². The van der Waals surface area contributed by atoms with Crippen LogP contribution in [0.4, 0.5) is 5.69 Å². The number of amides is 2. The Labute approximate surface area is 164 Å². The van der Waals surface area contributed by atoms with Crippen LogP contribution < -0.4 is 5.32 Å². The molecule has 0 unspecified atom stereocenters. The number of nitrogens with zero attached hydrogens (tertiary/aromatic N) is 1. The van der Waals surface area contributed by atoms with Crippen molar-refractivity contribution in [2.45, 2.75) is 50.2 Å². The number of para-hydroxylation sites is 1. The van der Waals surface area contributed by atoms with Crippen molar-refractivity contribution in [1.82, 2.24) is 4.90 Å². The van der Waals surface area contributed by atoms with Crippen LogP contribution in [-0.2, 0) is 9.59 Å². The summed E-state index contributed by atoms with van der Waals surface area (Å²) in [4.78, 5) is 26.9. The maximum atomic E-state index is 12.5. The largest absolute Gasteiger partial charge is 0.342 e. The minimum absolute atomic E-state index is 0.0319. The van der Waals surface area contributed by atoms with Gasteiger partial charge in [-0.05, 0) is 44.2 Å². The first kappa shape index (κ1) is 19.6. The van der Waals surface area contributed by atoms with Crippen molar-refractivity contribution in [3.05, 3.63) is 30.3 Å². The molecule has 26 heavy (non-hydrogen) atoms. The van der Waals surface area contributed by atoms with Crippen LogP contribution >= 0.6 is 21.6 Å². The summed E-state index contributed by atoms with van der Waals surface area (Å²) >= 11 is 0. The lowest BCUT2D eigenvalue weighted by Gasteiger charge is -2.32. The smallest absolute Gasteiger partial charge is 0.229 e. The average Bonchev–Trinajstić information content (AvgIpc) is 3.19. The zero-order valence-electron chi connectivity index (χ0n) is 15.2. The highest BCUT2D eigenvalue weighted by Crippen LogP contribution is 2.39. The third-order valence-corrected chi connectivity index (χ3v) is 8.09. The molecule has 2 aliphatic rings. The van der Waals surface area contributed by atoms with Crippen molar-refractivity contribution in [3.63, 3.8) is 0 Å². The molecular weight excluding hydrogens is 364 g/mol. The monoisotopic (exact) mass is 392 g/mol. The zero-order valence-corrected chi connectivity index (χ0v) is 16.8. The summed E-state index contributed by atoms with van der Waals surface area (Å²) in [6.07, 6.45) is 7.04. The highest BCUT2D eigenvalue weighted by molar-refractivity contribution is 8.77. The molecule has 0 aromatic heterocycles. The van der Waals surface area contributed by atoms with E-state index in [-0.39, 0.29) is 17.7 Å². The topological polar surface area (TPSA) is 49.4 Å².